The van der Waals surface area contributed by atoms with Crippen LogP contribution in [0.2, 0.25) is 0 Å². The highest BCUT2D eigenvalue weighted by atomic mass is 32.2. The van der Waals surface area contributed by atoms with Gasteiger partial charge in [0.25, 0.3) is 0 Å². The van der Waals surface area contributed by atoms with Crippen molar-refractivity contribution in [2.75, 3.05) is 18.5 Å². The highest BCUT2D eigenvalue weighted by molar-refractivity contribution is 7.91. The number of para-hydroxylation sites is 1. The van der Waals surface area contributed by atoms with Crippen molar-refractivity contribution in [3.63, 3.8) is 0 Å². The number of halogens is 2. The van der Waals surface area contributed by atoms with Crippen molar-refractivity contribution in [3.8, 4) is 0 Å². The summed E-state index contributed by atoms with van der Waals surface area (Å²) in [7, 11) is -2.91. The minimum atomic E-state index is -4.61. The van der Waals surface area contributed by atoms with E-state index in [1.807, 2.05) is 30.3 Å². The Kier molecular flexibility index (Phi) is 5.13. The molecule has 0 N–H and O–H groups in total. The number of rotatable bonds is 6. The van der Waals surface area contributed by atoms with Crippen LogP contribution in [0.5, 0.6) is 0 Å². The van der Waals surface area contributed by atoms with Crippen molar-refractivity contribution < 1.29 is 17.2 Å². The summed E-state index contributed by atoms with van der Waals surface area (Å²) in [5.41, 5.74) is 1.39. The van der Waals surface area contributed by atoms with Crippen molar-refractivity contribution in [3.05, 3.63) is 60.2 Å². The van der Waals surface area contributed by atoms with Crippen LogP contribution in [0.15, 0.2) is 59.5 Å². The van der Waals surface area contributed by atoms with Gasteiger partial charge >= 0.3 is 5.76 Å². The molecule has 0 amide bonds. The van der Waals surface area contributed by atoms with Crippen molar-refractivity contribution >= 4 is 15.5 Å². The van der Waals surface area contributed by atoms with Gasteiger partial charge in [-0.3, -0.25) is 0 Å². The van der Waals surface area contributed by atoms with Crippen LogP contribution in [0.4, 0.5) is 14.5 Å². The lowest BCUT2D eigenvalue weighted by Crippen LogP contribution is -2.24. The second-order valence-corrected chi connectivity index (χ2v) is 6.82. The predicted molar refractivity (Wildman–Crippen MR) is 83.0 cm³/mol. The topological polar surface area (TPSA) is 37.4 Å². The minimum Gasteiger partial charge on any atom is -0.373 e. The standard InChI is InChI=1S/C16H17F2NO2S/c1-19(12-11-13-7-3-2-4-8-13)14-9-5-6-10-15(14)22(20,21)16(17)18/h2-10,16H,11-12H2,1H3. The van der Waals surface area contributed by atoms with E-state index in [1.54, 1.807) is 24.1 Å². The third-order valence-corrected chi connectivity index (χ3v) is 4.82. The first kappa shape index (κ1) is 16.4. The fraction of sp³-hybridized carbons (Fsp3) is 0.250. The number of hydrogen-bond donors (Lipinski definition) is 0. The molecule has 6 heteroatoms. The second-order valence-electron chi connectivity index (χ2n) is 4.93. The Bertz CT molecular complexity index is 718. The molecule has 0 atom stereocenters. The van der Waals surface area contributed by atoms with Gasteiger partial charge in [0.2, 0.25) is 9.84 Å². The molecule has 0 aliphatic rings. The summed E-state index contributed by atoms with van der Waals surface area (Å²) in [5.74, 6) is -3.42. The molecule has 0 saturated heterocycles. The summed E-state index contributed by atoms with van der Waals surface area (Å²) in [6, 6.07) is 15.5. The Balaban J connectivity index is 2.22. The average Bonchev–Trinajstić information content (AvgIpc) is 2.53. The van der Waals surface area contributed by atoms with Crippen LogP contribution in [0.3, 0.4) is 0 Å². The van der Waals surface area contributed by atoms with E-state index in [0.717, 1.165) is 5.56 Å². The fourth-order valence-corrected chi connectivity index (χ4v) is 3.15. The first-order valence-corrected chi connectivity index (χ1v) is 8.33. The van der Waals surface area contributed by atoms with Crippen LogP contribution < -0.4 is 4.90 Å². The zero-order valence-electron chi connectivity index (χ0n) is 12.1. The molecule has 0 radical (unpaired) electrons. The van der Waals surface area contributed by atoms with Gasteiger partial charge in [0.05, 0.1) is 10.6 Å². The SMILES string of the molecule is CN(CCc1ccccc1)c1ccccc1S(=O)(=O)C(F)F. The van der Waals surface area contributed by atoms with Crippen molar-refractivity contribution in [2.45, 2.75) is 17.1 Å². The molecule has 0 heterocycles. The zero-order valence-corrected chi connectivity index (χ0v) is 12.9. The fourth-order valence-electron chi connectivity index (χ4n) is 2.17. The van der Waals surface area contributed by atoms with Gasteiger partial charge in [-0.25, -0.2) is 8.42 Å². The third-order valence-electron chi connectivity index (χ3n) is 3.40. The van der Waals surface area contributed by atoms with Gasteiger partial charge in [0.15, 0.2) is 0 Å². The van der Waals surface area contributed by atoms with Gasteiger partial charge in [-0.1, -0.05) is 42.5 Å². The Morgan fingerprint density at radius 1 is 1.00 bits per heavy atom. The van der Waals surface area contributed by atoms with Crippen LogP contribution in [0.25, 0.3) is 0 Å². The molecule has 0 aliphatic heterocycles. The molecule has 2 aromatic carbocycles. The number of sulfone groups is 1. The maximum atomic E-state index is 12.8. The van der Waals surface area contributed by atoms with Gasteiger partial charge in [-0.2, -0.15) is 8.78 Å². The lowest BCUT2D eigenvalue weighted by molar-refractivity contribution is 0.235. The van der Waals surface area contributed by atoms with Gasteiger partial charge in [0, 0.05) is 13.6 Å². The molecule has 118 valence electrons. The predicted octanol–water partition coefficient (Wildman–Crippen LogP) is 3.36. The second kappa shape index (κ2) is 6.87. The Labute approximate surface area is 129 Å². The van der Waals surface area contributed by atoms with E-state index < -0.39 is 15.6 Å². The molecular weight excluding hydrogens is 308 g/mol. The van der Waals surface area contributed by atoms with Gasteiger partial charge in [0.1, 0.15) is 0 Å². The lowest BCUT2D eigenvalue weighted by Gasteiger charge is -2.22. The van der Waals surface area contributed by atoms with Crippen LogP contribution >= 0.6 is 0 Å². The number of benzene rings is 2. The van der Waals surface area contributed by atoms with Gasteiger partial charge in [-0.05, 0) is 24.1 Å². The number of anilines is 1. The Morgan fingerprint density at radius 3 is 2.23 bits per heavy atom. The molecule has 0 spiro atoms. The molecule has 2 aromatic rings. The van der Waals surface area contributed by atoms with E-state index in [4.69, 9.17) is 0 Å². The smallest absolute Gasteiger partial charge is 0.341 e. The molecule has 0 bridgehead atoms. The number of hydrogen-bond acceptors (Lipinski definition) is 3. The van der Waals surface area contributed by atoms with Crippen LogP contribution in [0.1, 0.15) is 5.56 Å². The Morgan fingerprint density at radius 2 is 1.59 bits per heavy atom. The molecule has 22 heavy (non-hydrogen) atoms. The summed E-state index contributed by atoms with van der Waals surface area (Å²) < 4.78 is 49.1. The highest BCUT2D eigenvalue weighted by Gasteiger charge is 2.29. The molecule has 3 nitrogen and oxygen atoms in total. The van der Waals surface area contributed by atoms with Crippen molar-refractivity contribution in [2.24, 2.45) is 0 Å². The molecule has 0 fully saturated rings. The van der Waals surface area contributed by atoms with Crippen LogP contribution in [0, 0.1) is 0 Å². The lowest BCUT2D eigenvalue weighted by atomic mass is 10.1. The maximum Gasteiger partial charge on any atom is 0.341 e. The zero-order chi connectivity index (χ0) is 16.2. The number of nitrogens with zero attached hydrogens (tertiary/aromatic N) is 1. The molecule has 2 rings (SSSR count). The van der Waals surface area contributed by atoms with Gasteiger partial charge < -0.3 is 4.90 Å². The van der Waals surface area contributed by atoms with E-state index in [2.05, 4.69) is 0 Å². The van der Waals surface area contributed by atoms with Crippen molar-refractivity contribution in [1.29, 1.82) is 0 Å². The van der Waals surface area contributed by atoms with E-state index in [-0.39, 0.29) is 4.90 Å². The van der Waals surface area contributed by atoms with Gasteiger partial charge in [-0.15, -0.1) is 0 Å². The number of alkyl halides is 2. The van der Waals surface area contributed by atoms with E-state index >= 15 is 0 Å². The highest BCUT2D eigenvalue weighted by Crippen LogP contribution is 2.28. The molecular formula is C16H17F2NO2S. The van der Waals surface area contributed by atoms with E-state index in [9.17, 15) is 17.2 Å². The molecule has 0 aliphatic carbocycles. The summed E-state index contributed by atoms with van der Waals surface area (Å²) in [5, 5.41) is 0. The van der Waals surface area contributed by atoms with Crippen LogP contribution in [-0.4, -0.2) is 27.8 Å². The molecule has 0 unspecified atom stereocenters. The minimum absolute atomic E-state index is 0.290. The summed E-state index contributed by atoms with van der Waals surface area (Å²) in [4.78, 5) is 1.35. The Hall–Kier alpha value is -1.95. The summed E-state index contributed by atoms with van der Waals surface area (Å²) in [6.45, 7) is 0.528. The van der Waals surface area contributed by atoms with Crippen LogP contribution in [-0.2, 0) is 16.3 Å². The number of likely N-dealkylation sites (N-methyl/N-ethyl adjacent to an activating group) is 1. The summed E-state index contributed by atoms with van der Waals surface area (Å²) >= 11 is 0. The summed E-state index contributed by atoms with van der Waals surface area (Å²) in [6.07, 6.45) is 0.695. The maximum absolute atomic E-state index is 12.8. The van der Waals surface area contributed by atoms with E-state index in [0.29, 0.717) is 18.7 Å². The normalized spacial score (nSPS) is 11.6. The van der Waals surface area contributed by atoms with E-state index in [1.165, 1.54) is 12.1 Å². The first-order valence-electron chi connectivity index (χ1n) is 6.79. The largest absolute Gasteiger partial charge is 0.373 e. The quantitative estimate of drug-likeness (QED) is 0.817. The first-order chi connectivity index (χ1) is 10.4. The third kappa shape index (κ3) is 3.62. The average molecular weight is 325 g/mol. The monoisotopic (exact) mass is 325 g/mol. The molecule has 0 saturated carbocycles. The van der Waals surface area contributed by atoms with Crippen molar-refractivity contribution in [1.82, 2.24) is 0 Å². The molecule has 0 aromatic heterocycles.